The molecule has 2 aromatic rings. The molecule has 1 aliphatic rings. The first kappa shape index (κ1) is 22.5. The minimum atomic E-state index is -0.327. The van der Waals surface area contributed by atoms with Gasteiger partial charge in [-0.05, 0) is 56.0 Å². The van der Waals surface area contributed by atoms with Crippen molar-refractivity contribution in [1.29, 1.82) is 0 Å². The predicted octanol–water partition coefficient (Wildman–Crippen LogP) is 3.83. The van der Waals surface area contributed by atoms with Gasteiger partial charge in [0, 0.05) is 17.3 Å². The maximum Gasteiger partial charge on any atom is 0.254 e. The zero-order valence-electron chi connectivity index (χ0n) is 18.3. The molecule has 0 atom stereocenters. The molecule has 0 bridgehead atoms. The Hall–Kier alpha value is -3.15. The molecule has 0 radical (unpaired) electrons. The van der Waals surface area contributed by atoms with Gasteiger partial charge in [0.1, 0.15) is 6.54 Å². The third-order valence-corrected chi connectivity index (χ3v) is 5.71. The molecule has 31 heavy (non-hydrogen) atoms. The second kappa shape index (κ2) is 10.8. The van der Waals surface area contributed by atoms with Gasteiger partial charge >= 0.3 is 0 Å². The number of anilines is 1. The van der Waals surface area contributed by atoms with Crippen molar-refractivity contribution < 1.29 is 14.4 Å². The summed E-state index contributed by atoms with van der Waals surface area (Å²) in [7, 11) is 0. The van der Waals surface area contributed by atoms with Crippen LogP contribution < -0.4 is 10.6 Å². The van der Waals surface area contributed by atoms with Crippen molar-refractivity contribution in [3.63, 3.8) is 0 Å². The minimum Gasteiger partial charge on any atom is -0.345 e. The quantitative estimate of drug-likeness (QED) is 0.713. The summed E-state index contributed by atoms with van der Waals surface area (Å²) in [5.74, 6) is -0.746. The highest BCUT2D eigenvalue weighted by Crippen LogP contribution is 2.24. The monoisotopic (exact) mass is 421 g/mol. The van der Waals surface area contributed by atoms with Crippen LogP contribution >= 0.6 is 0 Å². The van der Waals surface area contributed by atoms with Crippen LogP contribution in [0.25, 0.3) is 0 Å². The molecule has 2 N–H and O–H groups in total. The summed E-state index contributed by atoms with van der Waals surface area (Å²) < 4.78 is 0. The second-order valence-corrected chi connectivity index (χ2v) is 8.23. The minimum absolute atomic E-state index is 0.0461. The van der Waals surface area contributed by atoms with Gasteiger partial charge in [-0.2, -0.15) is 0 Å². The molecular weight excluding hydrogens is 390 g/mol. The zero-order valence-corrected chi connectivity index (χ0v) is 18.3. The highest BCUT2D eigenvalue weighted by atomic mass is 16.2. The molecule has 6 nitrogen and oxygen atoms in total. The van der Waals surface area contributed by atoms with Crippen LogP contribution in [0.1, 0.15) is 53.6 Å². The molecule has 0 aliphatic heterocycles. The number of carbonyl (C=O) groups excluding carboxylic acids is 3. The molecule has 3 rings (SSSR count). The normalized spacial score (nSPS) is 14.0. The topological polar surface area (TPSA) is 78.5 Å². The standard InChI is InChI=1S/C25H31N3O3/c1-18-9-8-11-20(15-18)27-23(29)16-26-24(30)17-28(21-12-4-3-5-13-21)25(31)22-14-7-6-10-19(22)2/h6-11,14-15,21H,3-5,12-13,16-17H2,1-2H3,(H,26,30)(H,27,29). The van der Waals surface area contributed by atoms with Crippen LogP contribution in [0.4, 0.5) is 5.69 Å². The van der Waals surface area contributed by atoms with Crippen molar-refractivity contribution in [3.05, 3.63) is 65.2 Å². The van der Waals surface area contributed by atoms with Gasteiger partial charge in [0.25, 0.3) is 5.91 Å². The summed E-state index contributed by atoms with van der Waals surface area (Å²) in [6, 6.07) is 15.0. The van der Waals surface area contributed by atoms with E-state index in [9.17, 15) is 14.4 Å². The molecular formula is C25H31N3O3. The van der Waals surface area contributed by atoms with Crippen molar-refractivity contribution >= 4 is 23.4 Å². The molecule has 3 amide bonds. The lowest BCUT2D eigenvalue weighted by Gasteiger charge is -2.34. The number of hydrogen-bond donors (Lipinski definition) is 2. The van der Waals surface area contributed by atoms with E-state index in [2.05, 4.69) is 10.6 Å². The number of rotatable bonds is 7. The Kier molecular flexibility index (Phi) is 7.82. The third-order valence-electron chi connectivity index (χ3n) is 5.71. The zero-order chi connectivity index (χ0) is 22.2. The van der Waals surface area contributed by atoms with Crippen molar-refractivity contribution in [3.8, 4) is 0 Å². The molecule has 1 fully saturated rings. The van der Waals surface area contributed by atoms with Crippen LogP contribution in [0.5, 0.6) is 0 Å². The number of nitrogens with one attached hydrogen (secondary N) is 2. The summed E-state index contributed by atoms with van der Waals surface area (Å²) in [6.45, 7) is 3.67. The van der Waals surface area contributed by atoms with Gasteiger partial charge in [0.15, 0.2) is 0 Å². The molecule has 0 heterocycles. The van der Waals surface area contributed by atoms with E-state index in [1.54, 1.807) is 17.0 Å². The Morgan fingerprint density at radius 2 is 1.68 bits per heavy atom. The maximum atomic E-state index is 13.3. The third kappa shape index (κ3) is 6.41. The fraction of sp³-hybridized carbons (Fsp3) is 0.400. The molecule has 0 unspecified atom stereocenters. The molecule has 0 saturated heterocycles. The van der Waals surface area contributed by atoms with Crippen LogP contribution in [0.2, 0.25) is 0 Å². The fourth-order valence-electron chi connectivity index (χ4n) is 4.04. The summed E-state index contributed by atoms with van der Waals surface area (Å²) >= 11 is 0. The fourth-order valence-corrected chi connectivity index (χ4v) is 4.04. The van der Waals surface area contributed by atoms with Gasteiger partial charge in [-0.3, -0.25) is 14.4 Å². The number of nitrogens with zero attached hydrogens (tertiary/aromatic N) is 1. The summed E-state index contributed by atoms with van der Waals surface area (Å²) in [5, 5.41) is 5.44. The van der Waals surface area contributed by atoms with E-state index in [4.69, 9.17) is 0 Å². The van der Waals surface area contributed by atoms with E-state index < -0.39 is 0 Å². The van der Waals surface area contributed by atoms with Crippen LogP contribution in [0, 0.1) is 13.8 Å². The van der Waals surface area contributed by atoms with E-state index in [-0.39, 0.29) is 36.9 Å². The number of carbonyl (C=O) groups is 3. The molecule has 6 heteroatoms. The molecule has 0 aromatic heterocycles. The summed E-state index contributed by atoms with van der Waals surface area (Å²) in [6.07, 6.45) is 5.08. The SMILES string of the molecule is Cc1cccc(NC(=O)CNC(=O)CN(C(=O)c2ccccc2C)C2CCCCC2)c1. The second-order valence-electron chi connectivity index (χ2n) is 8.23. The van der Waals surface area contributed by atoms with E-state index in [0.29, 0.717) is 11.3 Å². The van der Waals surface area contributed by atoms with Gasteiger partial charge in [-0.1, -0.05) is 49.6 Å². The van der Waals surface area contributed by atoms with Crippen LogP contribution in [-0.4, -0.2) is 41.8 Å². The number of amides is 3. The van der Waals surface area contributed by atoms with Gasteiger partial charge in [-0.15, -0.1) is 0 Å². The van der Waals surface area contributed by atoms with Crippen LogP contribution in [0.3, 0.4) is 0 Å². The highest BCUT2D eigenvalue weighted by Gasteiger charge is 2.28. The Bertz CT molecular complexity index is 935. The van der Waals surface area contributed by atoms with E-state index in [1.807, 2.05) is 50.2 Å². The predicted molar refractivity (Wildman–Crippen MR) is 122 cm³/mol. The molecule has 2 aromatic carbocycles. The van der Waals surface area contributed by atoms with Crippen molar-refractivity contribution in [2.24, 2.45) is 0 Å². The van der Waals surface area contributed by atoms with Crippen molar-refractivity contribution in [2.45, 2.75) is 52.0 Å². The Balaban J connectivity index is 1.62. The number of hydrogen-bond acceptors (Lipinski definition) is 3. The molecule has 164 valence electrons. The Morgan fingerprint density at radius 3 is 2.39 bits per heavy atom. The van der Waals surface area contributed by atoms with Crippen LogP contribution in [-0.2, 0) is 9.59 Å². The maximum absolute atomic E-state index is 13.3. The average molecular weight is 422 g/mol. The first-order chi connectivity index (χ1) is 14.9. The first-order valence-electron chi connectivity index (χ1n) is 10.9. The van der Waals surface area contributed by atoms with Gasteiger partial charge in [0.2, 0.25) is 11.8 Å². The van der Waals surface area contributed by atoms with Crippen LogP contribution in [0.15, 0.2) is 48.5 Å². The lowest BCUT2D eigenvalue weighted by atomic mass is 9.93. The van der Waals surface area contributed by atoms with E-state index in [0.717, 1.165) is 43.2 Å². The summed E-state index contributed by atoms with van der Waals surface area (Å²) in [4.78, 5) is 39.8. The molecule has 1 aliphatic carbocycles. The highest BCUT2D eigenvalue weighted by molar-refractivity contribution is 5.99. The lowest BCUT2D eigenvalue weighted by Crippen LogP contribution is -2.48. The van der Waals surface area contributed by atoms with E-state index >= 15 is 0 Å². The Morgan fingerprint density at radius 1 is 0.935 bits per heavy atom. The number of benzene rings is 2. The van der Waals surface area contributed by atoms with E-state index in [1.165, 1.54) is 0 Å². The average Bonchev–Trinajstić information content (AvgIpc) is 2.76. The summed E-state index contributed by atoms with van der Waals surface area (Å²) in [5.41, 5.74) is 3.25. The Labute approximate surface area is 184 Å². The van der Waals surface area contributed by atoms with Crippen molar-refractivity contribution in [2.75, 3.05) is 18.4 Å². The van der Waals surface area contributed by atoms with Gasteiger partial charge in [-0.25, -0.2) is 0 Å². The largest absolute Gasteiger partial charge is 0.345 e. The molecule has 1 saturated carbocycles. The lowest BCUT2D eigenvalue weighted by molar-refractivity contribution is -0.125. The van der Waals surface area contributed by atoms with Gasteiger partial charge in [0.05, 0.1) is 6.54 Å². The molecule has 0 spiro atoms. The smallest absolute Gasteiger partial charge is 0.254 e. The van der Waals surface area contributed by atoms with Gasteiger partial charge < -0.3 is 15.5 Å². The first-order valence-corrected chi connectivity index (χ1v) is 10.9. The van der Waals surface area contributed by atoms with Crippen molar-refractivity contribution in [1.82, 2.24) is 10.2 Å². The number of aryl methyl sites for hydroxylation is 2.